The number of nitrogens with zero attached hydrogens (tertiary/aromatic N) is 1. The normalized spacial score (nSPS) is 10.9. The first kappa shape index (κ1) is 12.9. The molecule has 0 N–H and O–H groups in total. The number of hydrogen-bond acceptors (Lipinski definition) is 2. The van der Waals surface area contributed by atoms with Crippen molar-refractivity contribution in [3.05, 3.63) is 28.8 Å². The molecule has 0 saturated heterocycles. The highest BCUT2D eigenvalue weighted by Gasteiger charge is 2.16. The Balaban J connectivity index is 2.50. The highest BCUT2D eigenvalue weighted by Crippen LogP contribution is 2.23. The average Bonchev–Trinajstić information content (AvgIpc) is 2.23. The van der Waals surface area contributed by atoms with Crippen molar-refractivity contribution in [3.8, 4) is 11.8 Å². The van der Waals surface area contributed by atoms with Crippen LogP contribution in [0.3, 0.4) is 0 Å². The zero-order valence-electron chi connectivity index (χ0n) is 9.88. The van der Waals surface area contributed by atoms with Crippen molar-refractivity contribution in [2.24, 2.45) is 5.41 Å². The van der Waals surface area contributed by atoms with Gasteiger partial charge in [-0.1, -0.05) is 11.6 Å². The van der Waals surface area contributed by atoms with E-state index < -0.39 is 0 Å². The molecule has 0 atom stereocenters. The third kappa shape index (κ3) is 3.75. The van der Waals surface area contributed by atoms with Crippen LogP contribution in [0.4, 0.5) is 0 Å². The van der Waals surface area contributed by atoms with E-state index >= 15 is 0 Å². The number of aryl methyl sites for hydroxylation is 1. The Labute approximate surface area is 102 Å². The van der Waals surface area contributed by atoms with E-state index in [0.717, 1.165) is 16.3 Å². The van der Waals surface area contributed by atoms with E-state index in [0.29, 0.717) is 13.0 Å². The lowest BCUT2D eigenvalue weighted by Crippen LogP contribution is -2.13. The van der Waals surface area contributed by atoms with Crippen LogP contribution in [0.15, 0.2) is 18.2 Å². The van der Waals surface area contributed by atoms with Crippen molar-refractivity contribution in [2.75, 3.05) is 6.61 Å². The minimum absolute atomic E-state index is 0.332. The van der Waals surface area contributed by atoms with Gasteiger partial charge in [0.25, 0.3) is 0 Å². The molecular formula is C13H16ClNO. The molecule has 2 nitrogen and oxygen atoms in total. The van der Waals surface area contributed by atoms with Gasteiger partial charge in [0.2, 0.25) is 0 Å². The molecule has 1 aromatic carbocycles. The third-order valence-electron chi connectivity index (χ3n) is 2.43. The smallest absolute Gasteiger partial charge is 0.119 e. The Bertz CT molecular complexity index is 407. The molecule has 0 heterocycles. The fraction of sp³-hybridized carbons (Fsp3) is 0.462. The summed E-state index contributed by atoms with van der Waals surface area (Å²) < 4.78 is 5.57. The van der Waals surface area contributed by atoms with Crippen LogP contribution in [0, 0.1) is 23.7 Å². The Morgan fingerprint density at radius 2 is 2.12 bits per heavy atom. The molecule has 0 aliphatic rings. The molecule has 1 aromatic rings. The van der Waals surface area contributed by atoms with E-state index in [1.54, 1.807) is 0 Å². The van der Waals surface area contributed by atoms with E-state index in [9.17, 15) is 0 Å². The predicted octanol–water partition coefficient (Wildman–Crippen LogP) is 3.97. The zero-order chi connectivity index (χ0) is 12.2. The summed E-state index contributed by atoms with van der Waals surface area (Å²) in [5, 5.41) is 9.59. The fourth-order valence-corrected chi connectivity index (χ4v) is 1.30. The molecule has 16 heavy (non-hydrogen) atoms. The lowest BCUT2D eigenvalue weighted by atomic mass is 9.92. The molecule has 0 fully saturated rings. The molecule has 0 aliphatic heterocycles. The van der Waals surface area contributed by atoms with Crippen LogP contribution in [0.1, 0.15) is 25.8 Å². The van der Waals surface area contributed by atoms with Crippen LogP contribution in [0.2, 0.25) is 5.02 Å². The lowest BCUT2D eigenvalue weighted by molar-refractivity contribution is 0.264. The molecule has 86 valence electrons. The summed E-state index contributed by atoms with van der Waals surface area (Å²) >= 11 is 5.91. The molecule has 0 radical (unpaired) electrons. The Morgan fingerprint density at radius 1 is 1.44 bits per heavy atom. The van der Waals surface area contributed by atoms with Gasteiger partial charge in [0, 0.05) is 5.02 Å². The van der Waals surface area contributed by atoms with Crippen molar-refractivity contribution >= 4 is 11.6 Å². The van der Waals surface area contributed by atoms with E-state index in [-0.39, 0.29) is 5.41 Å². The monoisotopic (exact) mass is 237 g/mol. The maximum Gasteiger partial charge on any atom is 0.119 e. The molecule has 0 amide bonds. The van der Waals surface area contributed by atoms with Gasteiger partial charge in [0.05, 0.1) is 18.1 Å². The third-order valence-corrected chi connectivity index (χ3v) is 2.85. The second-order valence-corrected chi connectivity index (χ2v) is 4.91. The van der Waals surface area contributed by atoms with Crippen molar-refractivity contribution < 1.29 is 4.74 Å². The number of benzene rings is 1. The highest BCUT2D eigenvalue weighted by atomic mass is 35.5. The molecule has 0 aliphatic carbocycles. The summed E-state index contributed by atoms with van der Waals surface area (Å²) in [6, 6.07) is 7.81. The lowest BCUT2D eigenvalue weighted by Gasteiger charge is -2.15. The van der Waals surface area contributed by atoms with Crippen LogP contribution in [-0.2, 0) is 0 Å². The maximum absolute atomic E-state index is 8.85. The van der Waals surface area contributed by atoms with Crippen LogP contribution in [0.25, 0.3) is 0 Å². The minimum atomic E-state index is -0.332. The molecular weight excluding hydrogens is 222 g/mol. The van der Waals surface area contributed by atoms with Gasteiger partial charge in [-0.05, 0) is 51.0 Å². The summed E-state index contributed by atoms with van der Waals surface area (Å²) in [6.45, 7) is 6.29. The highest BCUT2D eigenvalue weighted by molar-refractivity contribution is 6.31. The first-order chi connectivity index (χ1) is 7.44. The van der Waals surface area contributed by atoms with Gasteiger partial charge < -0.3 is 4.74 Å². The van der Waals surface area contributed by atoms with Gasteiger partial charge in [0.15, 0.2) is 0 Å². The van der Waals surface area contributed by atoms with Crippen molar-refractivity contribution in [1.29, 1.82) is 5.26 Å². The number of halogens is 1. The van der Waals surface area contributed by atoms with Gasteiger partial charge in [-0.15, -0.1) is 0 Å². The van der Waals surface area contributed by atoms with Crippen LogP contribution >= 0.6 is 11.6 Å². The maximum atomic E-state index is 8.85. The van der Waals surface area contributed by atoms with E-state index in [4.69, 9.17) is 21.6 Å². The summed E-state index contributed by atoms with van der Waals surface area (Å²) in [5.41, 5.74) is 0.667. The molecule has 0 unspecified atom stereocenters. The molecule has 0 saturated carbocycles. The van der Waals surface area contributed by atoms with Crippen LogP contribution < -0.4 is 4.74 Å². The summed E-state index contributed by atoms with van der Waals surface area (Å²) in [7, 11) is 0. The molecule has 1 rings (SSSR count). The first-order valence-corrected chi connectivity index (χ1v) is 5.62. The van der Waals surface area contributed by atoms with Crippen molar-refractivity contribution in [2.45, 2.75) is 27.2 Å². The minimum Gasteiger partial charge on any atom is -0.494 e. The summed E-state index contributed by atoms with van der Waals surface area (Å²) in [5.74, 6) is 0.802. The predicted molar refractivity (Wildman–Crippen MR) is 65.7 cm³/mol. The molecule has 3 heteroatoms. The molecule has 0 aromatic heterocycles. The van der Waals surface area contributed by atoms with Gasteiger partial charge >= 0.3 is 0 Å². The average molecular weight is 238 g/mol. The van der Waals surface area contributed by atoms with Crippen molar-refractivity contribution in [1.82, 2.24) is 0 Å². The van der Waals surface area contributed by atoms with E-state index in [1.807, 2.05) is 39.0 Å². The molecule has 0 spiro atoms. The van der Waals surface area contributed by atoms with Gasteiger partial charge in [-0.2, -0.15) is 5.26 Å². The Morgan fingerprint density at radius 3 is 2.69 bits per heavy atom. The second kappa shape index (κ2) is 5.23. The standard InChI is InChI=1S/C13H16ClNO/c1-10-8-11(4-5-12(10)14)16-7-6-13(2,3)9-15/h4-5,8H,6-7H2,1-3H3. The van der Waals surface area contributed by atoms with Crippen LogP contribution in [-0.4, -0.2) is 6.61 Å². The Hall–Kier alpha value is -1.20. The largest absolute Gasteiger partial charge is 0.494 e. The number of hydrogen-bond donors (Lipinski definition) is 0. The zero-order valence-corrected chi connectivity index (χ0v) is 10.6. The molecule has 0 bridgehead atoms. The fourth-order valence-electron chi connectivity index (χ4n) is 1.19. The Kier molecular flexibility index (Phi) is 4.20. The van der Waals surface area contributed by atoms with Crippen LogP contribution in [0.5, 0.6) is 5.75 Å². The van der Waals surface area contributed by atoms with Gasteiger partial charge in [-0.3, -0.25) is 0 Å². The number of ether oxygens (including phenoxy) is 1. The summed E-state index contributed by atoms with van der Waals surface area (Å²) in [6.07, 6.45) is 0.713. The SMILES string of the molecule is Cc1cc(OCCC(C)(C)C#N)ccc1Cl. The summed E-state index contributed by atoms with van der Waals surface area (Å²) in [4.78, 5) is 0. The first-order valence-electron chi connectivity index (χ1n) is 5.25. The number of rotatable bonds is 4. The second-order valence-electron chi connectivity index (χ2n) is 4.51. The quantitative estimate of drug-likeness (QED) is 0.794. The topological polar surface area (TPSA) is 33.0 Å². The van der Waals surface area contributed by atoms with E-state index in [1.165, 1.54) is 0 Å². The van der Waals surface area contributed by atoms with Gasteiger partial charge in [-0.25, -0.2) is 0 Å². The van der Waals surface area contributed by atoms with Crippen molar-refractivity contribution in [3.63, 3.8) is 0 Å². The van der Waals surface area contributed by atoms with Gasteiger partial charge in [0.1, 0.15) is 5.75 Å². The number of nitriles is 1. The van der Waals surface area contributed by atoms with E-state index in [2.05, 4.69) is 6.07 Å².